The molecule has 0 radical (unpaired) electrons. The molecule has 0 saturated heterocycles. The Morgan fingerprint density at radius 1 is 0.857 bits per heavy atom. The van der Waals surface area contributed by atoms with Crippen LogP contribution in [0.3, 0.4) is 0 Å². The number of hydrogen-bond acceptors (Lipinski definition) is 4. The zero-order chi connectivity index (χ0) is 15.9. The molecule has 0 heterocycles. The van der Waals surface area contributed by atoms with Crippen molar-refractivity contribution < 1.29 is 29.3 Å². The van der Waals surface area contributed by atoms with Crippen molar-refractivity contribution in [3.63, 3.8) is 0 Å². The Morgan fingerprint density at radius 3 is 1.95 bits per heavy atom. The van der Waals surface area contributed by atoms with Crippen LogP contribution in [0.2, 0.25) is 0 Å². The van der Waals surface area contributed by atoms with Crippen LogP contribution in [-0.4, -0.2) is 35.2 Å². The Bertz CT molecular complexity index is 279. The Labute approximate surface area is 126 Å². The molecule has 0 aromatic rings. The van der Waals surface area contributed by atoms with Gasteiger partial charge >= 0.3 is 12.3 Å². The van der Waals surface area contributed by atoms with Gasteiger partial charge in [-0.2, -0.15) is 0 Å². The summed E-state index contributed by atoms with van der Waals surface area (Å²) in [4.78, 5) is 20.8. The van der Waals surface area contributed by atoms with Crippen LogP contribution in [0.4, 0.5) is 9.59 Å². The van der Waals surface area contributed by atoms with E-state index in [-0.39, 0.29) is 13.0 Å². The molecule has 0 aliphatic rings. The average molecular weight is 304 g/mol. The van der Waals surface area contributed by atoms with Crippen molar-refractivity contribution in [2.45, 2.75) is 77.2 Å². The third kappa shape index (κ3) is 14.8. The normalized spacial score (nSPS) is 11.9. The van der Waals surface area contributed by atoms with Gasteiger partial charge in [-0.1, -0.05) is 51.9 Å². The Morgan fingerprint density at radius 2 is 1.43 bits per heavy atom. The summed E-state index contributed by atoms with van der Waals surface area (Å²) in [6, 6.07) is 0. The highest BCUT2D eigenvalue weighted by molar-refractivity contribution is 5.57. The second-order valence-corrected chi connectivity index (χ2v) is 5.17. The molecule has 0 bridgehead atoms. The predicted molar refractivity (Wildman–Crippen MR) is 78.7 cm³/mol. The van der Waals surface area contributed by atoms with E-state index in [0.717, 1.165) is 19.3 Å². The van der Waals surface area contributed by atoms with Crippen LogP contribution in [0.5, 0.6) is 0 Å². The molecule has 6 nitrogen and oxygen atoms in total. The van der Waals surface area contributed by atoms with Crippen molar-refractivity contribution in [3.05, 3.63) is 0 Å². The highest BCUT2D eigenvalue weighted by Gasteiger charge is 2.14. The van der Waals surface area contributed by atoms with Gasteiger partial charge in [-0.3, -0.25) is 0 Å². The van der Waals surface area contributed by atoms with E-state index in [4.69, 9.17) is 14.9 Å². The van der Waals surface area contributed by atoms with Gasteiger partial charge in [0.25, 0.3) is 0 Å². The average Bonchev–Trinajstić information content (AvgIpc) is 2.40. The standard InChI is InChI=1S/C15H28O6/c1-2-3-4-5-6-7-8-9-10-13(21-15(18)19)11-12-20-14(16)17/h13H,2-12H2,1H3,(H,16,17)(H,18,19). The van der Waals surface area contributed by atoms with Crippen molar-refractivity contribution in [2.75, 3.05) is 6.61 Å². The topological polar surface area (TPSA) is 93.1 Å². The summed E-state index contributed by atoms with van der Waals surface area (Å²) >= 11 is 0. The molecule has 0 amide bonds. The van der Waals surface area contributed by atoms with Crippen LogP contribution in [-0.2, 0) is 9.47 Å². The van der Waals surface area contributed by atoms with E-state index in [1.807, 2.05) is 0 Å². The van der Waals surface area contributed by atoms with Crippen LogP contribution in [0.25, 0.3) is 0 Å². The van der Waals surface area contributed by atoms with Crippen LogP contribution in [0.1, 0.15) is 71.1 Å². The largest absolute Gasteiger partial charge is 0.506 e. The monoisotopic (exact) mass is 304 g/mol. The van der Waals surface area contributed by atoms with E-state index in [1.54, 1.807) is 0 Å². The first-order chi connectivity index (χ1) is 10.1. The first-order valence-electron chi connectivity index (χ1n) is 7.81. The summed E-state index contributed by atoms with van der Waals surface area (Å²) in [5.74, 6) is 0. The first-order valence-corrected chi connectivity index (χ1v) is 7.81. The fraction of sp³-hybridized carbons (Fsp3) is 0.867. The van der Waals surface area contributed by atoms with Gasteiger partial charge in [-0.15, -0.1) is 0 Å². The third-order valence-electron chi connectivity index (χ3n) is 3.31. The van der Waals surface area contributed by atoms with Gasteiger partial charge in [0.05, 0.1) is 6.61 Å². The molecule has 21 heavy (non-hydrogen) atoms. The summed E-state index contributed by atoms with van der Waals surface area (Å²) in [5, 5.41) is 17.0. The van der Waals surface area contributed by atoms with Gasteiger partial charge in [0.15, 0.2) is 0 Å². The van der Waals surface area contributed by atoms with Crippen molar-refractivity contribution in [2.24, 2.45) is 0 Å². The maximum Gasteiger partial charge on any atom is 0.506 e. The van der Waals surface area contributed by atoms with Gasteiger partial charge in [-0.05, 0) is 12.8 Å². The molecule has 0 aliphatic carbocycles. The quantitative estimate of drug-likeness (QED) is 0.379. The number of carboxylic acid groups (broad SMARTS) is 2. The van der Waals surface area contributed by atoms with Crippen molar-refractivity contribution in [1.29, 1.82) is 0 Å². The minimum absolute atomic E-state index is 0.0374. The van der Waals surface area contributed by atoms with Crippen LogP contribution in [0.15, 0.2) is 0 Å². The zero-order valence-corrected chi connectivity index (χ0v) is 12.9. The lowest BCUT2D eigenvalue weighted by Crippen LogP contribution is -2.19. The summed E-state index contributed by atoms with van der Waals surface area (Å²) in [7, 11) is 0. The van der Waals surface area contributed by atoms with Gasteiger partial charge in [0.1, 0.15) is 6.10 Å². The second kappa shape index (κ2) is 13.5. The maximum absolute atomic E-state index is 10.6. The highest BCUT2D eigenvalue weighted by Crippen LogP contribution is 2.14. The molecule has 1 atom stereocenters. The van der Waals surface area contributed by atoms with E-state index in [0.29, 0.717) is 6.42 Å². The summed E-state index contributed by atoms with van der Waals surface area (Å²) < 4.78 is 9.12. The van der Waals surface area contributed by atoms with E-state index in [9.17, 15) is 9.59 Å². The molecular weight excluding hydrogens is 276 g/mol. The van der Waals surface area contributed by atoms with Crippen LogP contribution < -0.4 is 0 Å². The Kier molecular flexibility index (Phi) is 12.6. The van der Waals surface area contributed by atoms with E-state index >= 15 is 0 Å². The van der Waals surface area contributed by atoms with Crippen molar-refractivity contribution in [3.8, 4) is 0 Å². The molecular formula is C15H28O6. The fourth-order valence-electron chi connectivity index (χ4n) is 2.19. The van der Waals surface area contributed by atoms with Gasteiger partial charge in [-0.25, -0.2) is 9.59 Å². The molecule has 0 aromatic heterocycles. The number of hydrogen-bond donors (Lipinski definition) is 2. The predicted octanol–water partition coefficient (Wildman–Crippen LogP) is 4.67. The van der Waals surface area contributed by atoms with E-state index in [1.165, 1.54) is 32.1 Å². The van der Waals surface area contributed by atoms with Crippen LogP contribution >= 0.6 is 0 Å². The maximum atomic E-state index is 10.6. The minimum atomic E-state index is -1.35. The number of ether oxygens (including phenoxy) is 2. The molecule has 124 valence electrons. The van der Waals surface area contributed by atoms with Gasteiger partial charge in [0, 0.05) is 6.42 Å². The van der Waals surface area contributed by atoms with Gasteiger partial charge in [0.2, 0.25) is 0 Å². The molecule has 2 N–H and O–H groups in total. The molecule has 0 saturated carbocycles. The fourth-order valence-corrected chi connectivity index (χ4v) is 2.19. The summed E-state index contributed by atoms with van der Waals surface area (Å²) in [5.41, 5.74) is 0. The number of unbranched alkanes of at least 4 members (excludes halogenated alkanes) is 7. The first kappa shape index (κ1) is 19.5. The summed E-state index contributed by atoms with van der Waals surface area (Å²) in [6.07, 6.45) is 7.10. The molecule has 1 unspecified atom stereocenters. The van der Waals surface area contributed by atoms with Crippen molar-refractivity contribution in [1.82, 2.24) is 0 Å². The molecule has 0 aliphatic heterocycles. The molecule has 6 heteroatoms. The highest BCUT2D eigenvalue weighted by atomic mass is 16.7. The Balaban J connectivity index is 3.65. The SMILES string of the molecule is CCCCCCCCCCC(CCOC(=O)O)OC(=O)O. The zero-order valence-electron chi connectivity index (χ0n) is 12.9. The smallest absolute Gasteiger partial charge is 0.450 e. The van der Waals surface area contributed by atoms with E-state index < -0.39 is 18.4 Å². The number of rotatable bonds is 13. The van der Waals surface area contributed by atoms with Gasteiger partial charge < -0.3 is 19.7 Å². The Hall–Kier alpha value is -1.46. The third-order valence-corrected chi connectivity index (χ3v) is 3.31. The molecule has 0 aromatic carbocycles. The lowest BCUT2D eigenvalue weighted by atomic mass is 10.0. The molecule has 0 rings (SSSR count). The molecule has 0 spiro atoms. The molecule has 0 fully saturated rings. The van der Waals surface area contributed by atoms with Crippen molar-refractivity contribution >= 4 is 12.3 Å². The lowest BCUT2D eigenvalue weighted by molar-refractivity contribution is 0.0280. The summed E-state index contributed by atoms with van der Waals surface area (Å²) in [6.45, 7) is 2.15. The van der Waals surface area contributed by atoms with Crippen LogP contribution in [0, 0.1) is 0 Å². The lowest BCUT2D eigenvalue weighted by Gasteiger charge is -2.15. The van der Waals surface area contributed by atoms with E-state index in [2.05, 4.69) is 11.7 Å². The number of carbonyl (C=O) groups is 2. The minimum Gasteiger partial charge on any atom is -0.450 e. The second-order valence-electron chi connectivity index (χ2n) is 5.17.